The van der Waals surface area contributed by atoms with E-state index in [1.165, 1.54) is 18.1 Å². The van der Waals surface area contributed by atoms with E-state index in [0.29, 0.717) is 35.7 Å². The van der Waals surface area contributed by atoms with Gasteiger partial charge in [-0.2, -0.15) is 0 Å². The van der Waals surface area contributed by atoms with Gasteiger partial charge in [-0.3, -0.25) is 0 Å². The summed E-state index contributed by atoms with van der Waals surface area (Å²) in [5.41, 5.74) is 4.00. The van der Waals surface area contributed by atoms with Crippen molar-refractivity contribution in [3.63, 3.8) is 0 Å². The predicted octanol–water partition coefficient (Wildman–Crippen LogP) is 4.32. The average molecular weight is 587 g/mol. The lowest BCUT2D eigenvalue weighted by Gasteiger charge is -2.11. The number of nitrogens with one attached hydrogen (secondary N) is 1. The first-order valence-electron chi connectivity index (χ1n) is 10.6. The lowest BCUT2D eigenvalue weighted by molar-refractivity contribution is 0.343. The number of sulfonamides is 1. The monoisotopic (exact) mass is 587 g/mol. The van der Waals surface area contributed by atoms with E-state index in [0.717, 1.165) is 44.5 Å². The number of alkyl halides is 1. The molecule has 0 bridgehead atoms. The Morgan fingerprint density at radius 2 is 2.09 bits per heavy atom. The number of aromatic nitrogens is 4. The van der Waals surface area contributed by atoms with Crippen LogP contribution in [0.1, 0.15) is 48.7 Å². The molecule has 170 valence electrons. The van der Waals surface area contributed by atoms with E-state index in [9.17, 15) is 12.8 Å². The van der Waals surface area contributed by atoms with Crippen LogP contribution in [0.5, 0.6) is 0 Å². The molecule has 1 atom stereocenters. The highest BCUT2D eigenvalue weighted by atomic mass is 127. The zero-order chi connectivity index (χ0) is 22.5. The third kappa shape index (κ3) is 4.66. The van der Waals surface area contributed by atoms with Crippen molar-refractivity contribution >= 4 is 55.5 Å². The number of fused-ring (bicyclic) bond motifs is 2. The van der Waals surface area contributed by atoms with Crippen molar-refractivity contribution in [2.75, 3.05) is 5.75 Å². The van der Waals surface area contributed by atoms with E-state index in [-0.39, 0.29) is 11.8 Å². The molecule has 1 unspecified atom stereocenters. The largest absolute Gasteiger partial charge is 0.303 e. The van der Waals surface area contributed by atoms with Crippen molar-refractivity contribution in [3.05, 3.63) is 38.9 Å². The zero-order valence-electron chi connectivity index (χ0n) is 17.5. The van der Waals surface area contributed by atoms with Crippen LogP contribution in [0.15, 0.2) is 28.5 Å². The van der Waals surface area contributed by atoms with Gasteiger partial charge in [0.2, 0.25) is 10.0 Å². The minimum atomic E-state index is -3.29. The topological polar surface area (TPSA) is 89.8 Å². The van der Waals surface area contributed by atoms with Crippen LogP contribution >= 0.6 is 34.4 Å². The van der Waals surface area contributed by atoms with E-state index < -0.39 is 16.2 Å². The van der Waals surface area contributed by atoms with Gasteiger partial charge in [0.05, 0.1) is 11.4 Å². The second-order valence-electron chi connectivity index (χ2n) is 8.33. The molecule has 11 heteroatoms. The van der Waals surface area contributed by atoms with Crippen LogP contribution in [0.25, 0.3) is 11.2 Å². The number of benzene rings is 1. The van der Waals surface area contributed by atoms with Gasteiger partial charge in [-0.05, 0) is 84.9 Å². The molecule has 2 aliphatic rings. The van der Waals surface area contributed by atoms with E-state index in [1.54, 1.807) is 0 Å². The van der Waals surface area contributed by atoms with Gasteiger partial charge in [-0.25, -0.2) is 32.5 Å². The number of aryl methyl sites for hydroxylation is 3. The zero-order valence-corrected chi connectivity index (χ0v) is 21.3. The number of halogens is 2. The maximum atomic E-state index is 14.3. The Kier molecular flexibility index (Phi) is 6.18. The Balaban J connectivity index is 1.44. The van der Waals surface area contributed by atoms with Gasteiger partial charge >= 0.3 is 0 Å². The standard InChI is InChI=1S/C21H23FIN5O2S2/c1-12-19-20(25-11-24-12)28(7-2-8-32(29,30)27-14-4-5-14)21(26-19)31-18-10-15-13(9-17(18)23)3-6-16(15)22/h9-11,14,16,27H,2-8H2,1H3. The summed E-state index contributed by atoms with van der Waals surface area (Å²) < 4.78 is 44.6. The van der Waals surface area contributed by atoms with Crippen LogP contribution in [0.2, 0.25) is 0 Å². The number of rotatable bonds is 8. The quantitative estimate of drug-likeness (QED) is 0.395. The molecule has 1 fully saturated rings. The molecule has 0 spiro atoms. The molecule has 0 amide bonds. The second-order valence-corrected chi connectivity index (χ2v) is 12.4. The summed E-state index contributed by atoms with van der Waals surface area (Å²) >= 11 is 3.75. The lowest BCUT2D eigenvalue weighted by Crippen LogP contribution is -2.28. The molecule has 2 aliphatic carbocycles. The molecular weight excluding hydrogens is 564 g/mol. The van der Waals surface area contributed by atoms with Gasteiger partial charge in [0.15, 0.2) is 10.8 Å². The molecule has 0 radical (unpaired) electrons. The molecule has 1 N–H and O–H groups in total. The Labute approximate surface area is 204 Å². The summed E-state index contributed by atoms with van der Waals surface area (Å²) in [7, 11) is -3.29. The van der Waals surface area contributed by atoms with Crippen LogP contribution in [-0.4, -0.2) is 39.7 Å². The summed E-state index contributed by atoms with van der Waals surface area (Å²) in [4.78, 5) is 14.4. The Bertz CT molecular complexity index is 1290. The van der Waals surface area contributed by atoms with E-state index in [4.69, 9.17) is 4.98 Å². The molecule has 3 aromatic rings. The van der Waals surface area contributed by atoms with Gasteiger partial charge in [0.1, 0.15) is 18.0 Å². The average Bonchev–Trinajstić information content (AvgIpc) is 3.37. The summed E-state index contributed by atoms with van der Waals surface area (Å²) in [6, 6.07) is 4.11. The van der Waals surface area contributed by atoms with Crippen LogP contribution in [-0.2, 0) is 23.0 Å². The third-order valence-electron chi connectivity index (χ3n) is 5.80. The molecule has 32 heavy (non-hydrogen) atoms. The summed E-state index contributed by atoms with van der Waals surface area (Å²) in [5, 5.41) is 0.711. The predicted molar refractivity (Wildman–Crippen MR) is 130 cm³/mol. The summed E-state index contributed by atoms with van der Waals surface area (Å²) in [5.74, 6) is 0.0528. The van der Waals surface area contributed by atoms with Crippen molar-refractivity contribution in [1.82, 2.24) is 24.2 Å². The molecular formula is C21H23FIN5O2S2. The normalized spacial score (nSPS) is 18.4. The maximum absolute atomic E-state index is 14.3. The Morgan fingerprint density at radius 1 is 1.28 bits per heavy atom. The number of hydrogen-bond donors (Lipinski definition) is 1. The highest BCUT2D eigenvalue weighted by Gasteiger charge is 2.27. The fraction of sp³-hybridized carbons (Fsp3) is 0.476. The summed E-state index contributed by atoms with van der Waals surface area (Å²) in [6.07, 6.45) is 4.17. The number of imidazole rings is 1. The molecule has 7 nitrogen and oxygen atoms in total. The SMILES string of the molecule is Cc1ncnc2c1nc(Sc1cc3c(cc1I)CCC3F)n2CCCS(=O)(=O)NC1CC1. The fourth-order valence-electron chi connectivity index (χ4n) is 3.97. The van der Waals surface area contributed by atoms with Crippen LogP contribution in [0.3, 0.4) is 0 Å². The van der Waals surface area contributed by atoms with Gasteiger partial charge < -0.3 is 4.57 Å². The molecule has 2 aromatic heterocycles. The number of nitrogens with zero attached hydrogens (tertiary/aromatic N) is 4. The highest BCUT2D eigenvalue weighted by Crippen LogP contribution is 2.41. The van der Waals surface area contributed by atoms with Crippen LogP contribution < -0.4 is 4.72 Å². The molecule has 1 saturated carbocycles. The first kappa shape index (κ1) is 22.5. The van der Waals surface area contributed by atoms with Crippen molar-refractivity contribution in [1.29, 1.82) is 0 Å². The molecule has 1 aromatic carbocycles. The lowest BCUT2D eigenvalue weighted by atomic mass is 10.1. The fourth-order valence-corrected chi connectivity index (χ4v) is 7.16. The van der Waals surface area contributed by atoms with Crippen molar-refractivity contribution in [2.24, 2.45) is 0 Å². The van der Waals surface area contributed by atoms with Gasteiger partial charge in [-0.15, -0.1) is 0 Å². The first-order valence-corrected chi connectivity index (χ1v) is 14.2. The Hall–Kier alpha value is -1.31. The van der Waals surface area contributed by atoms with Crippen molar-refractivity contribution < 1.29 is 12.8 Å². The Morgan fingerprint density at radius 3 is 2.88 bits per heavy atom. The highest BCUT2D eigenvalue weighted by molar-refractivity contribution is 14.1. The molecule has 2 heterocycles. The van der Waals surface area contributed by atoms with Gasteiger partial charge in [0, 0.05) is 21.1 Å². The van der Waals surface area contributed by atoms with Gasteiger partial charge in [0.25, 0.3) is 0 Å². The van der Waals surface area contributed by atoms with E-state index in [2.05, 4.69) is 43.3 Å². The van der Waals surface area contributed by atoms with Crippen molar-refractivity contribution in [2.45, 2.75) is 67.8 Å². The van der Waals surface area contributed by atoms with E-state index >= 15 is 0 Å². The van der Waals surface area contributed by atoms with E-state index in [1.807, 2.05) is 17.6 Å². The van der Waals surface area contributed by atoms with Gasteiger partial charge in [-0.1, -0.05) is 11.8 Å². The molecule has 0 aliphatic heterocycles. The molecule has 5 rings (SSSR count). The minimum absolute atomic E-state index is 0.0528. The smallest absolute Gasteiger partial charge is 0.211 e. The maximum Gasteiger partial charge on any atom is 0.211 e. The van der Waals surface area contributed by atoms with Crippen LogP contribution in [0.4, 0.5) is 4.39 Å². The molecule has 0 saturated heterocycles. The number of hydrogen-bond acceptors (Lipinski definition) is 6. The first-order chi connectivity index (χ1) is 15.3. The third-order valence-corrected chi connectivity index (χ3v) is 9.63. The summed E-state index contributed by atoms with van der Waals surface area (Å²) in [6.45, 7) is 2.35. The second kappa shape index (κ2) is 8.80. The van der Waals surface area contributed by atoms with Crippen LogP contribution in [0, 0.1) is 10.5 Å². The minimum Gasteiger partial charge on any atom is -0.303 e. The van der Waals surface area contributed by atoms with Crippen molar-refractivity contribution in [3.8, 4) is 0 Å².